The van der Waals surface area contributed by atoms with Gasteiger partial charge in [0.1, 0.15) is 12.4 Å². The van der Waals surface area contributed by atoms with Gasteiger partial charge in [0.05, 0.1) is 18.3 Å². The second kappa shape index (κ2) is 6.24. The van der Waals surface area contributed by atoms with Crippen molar-refractivity contribution in [2.45, 2.75) is 51.3 Å². The minimum atomic E-state index is -0.438. The summed E-state index contributed by atoms with van der Waals surface area (Å²) in [6.45, 7) is 7.04. The molecule has 2 aliphatic heterocycles. The molecule has 0 amide bonds. The van der Waals surface area contributed by atoms with Crippen molar-refractivity contribution in [1.29, 1.82) is 0 Å². The van der Waals surface area contributed by atoms with Gasteiger partial charge in [0.25, 0.3) is 0 Å². The van der Waals surface area contributed by atoms with Gasteiger partial charge < -0.3 is 20.1 Å². The maximum atomic E-state index is 10.6. The summed E-state index contributed by atoms with van der Waals surface area (Å²) in [5, 5.41) is 14.1. The highest BCUT2D eigenvalue weighted by atomic mass is 16.5. The monoisotopic (exact) mass is 290 g/mol. The minimum absolute atomic E-state index is 0.175. The zero-order chi connectivity index (χ0) is 14.8. The summed E-state index contributed by atoms with van der Waals surface area (Å²) in [7, 11) is 0. The highest BCUT2D eigenvalue weighted by molar-refractivity contribution is 5.62. The van der Waals surface area contributed by atoms with Crippen LogP contribution in [0.5, 0.6) is 5.75 Å². The molecule has 0 aliphatic carbocycles. The molecular weight excluding hydrogens is 264 g/mol. The van der Waals surface area contributed by atoms with Gasteiger partial charge in [0.15, 0.2) is 0 Å². The summed E-state index contributed by atoms with van der Waals surface area (Å²) >= 11 is 0. The molecule has 0 aromatic heterocycles. The number of aliphatic hydroxyl groups excluding tert-OH is 1. The third-order valence-electron chi connectivity index (χ3n) is 4.58. The van der Waals surface area contributed by atoms with E-state index in [4.69, 9.17) is 4.74 Å². The Balaban J connectivity index is 1.85. The number of hydrogen-bond acceptors (Lipinski definition) is 4. The van der Waals surface area contributed by atoms with Gasteiger partial charge >= 0.3 is 0 Å². The molecule has 3 rings (SSSR count). The maximum absolute atomic E-state index is 10.6. The van der Waals surface area contributed by atoms with E-state index in [1.165, 1.54) is 12.8 Å². The molecule has 4 heteroatoms. The van der Waals surface area contributed by atoms with E-state index in [0.29, 0.717) is 6.04 Å². The highest BCUT2D eigenvalue weighted by Gasteiger charge is 2.26. The molecule has 1 aromatic rings. The van der Waals surface area contributed by atoms with Gasteiger partial charge in [-0.3, -0.25) is 0 Å². The topological polar surface area (TPSA) is 44.7 Å². The standard InChI is InChI=1S/C17H26N2O2/c1-12(2)19-9-10-21-16-7-6-13(11-15(16)19)17(20)14-5-3-4-8-18-14/h6-7,11-12,14,17-18,20H,3-5,8-10H2,1-2H3. The van der Waals surface area contributed by atoms with E-state index < -0.39 is 6.10 Å². The lowest BCUT2D eigenvalue weighted by Gasteiger charge is -2.35. The van der Waals surface area contributed by atoms with Crippen LogP contribution in [-0.4, -0.2) is 36.9 Å². The molecule has 116 valence electrons. The molecule has 21 heavy (non-hydrogen) atoms. The van der Waals surface area contributed by atoms with Crippen molar-refractivity contribution >= 4 is 5.69 Å². The lowest BCUT2D eigenvalue weighted by Crippen LogP contribution is -2.39. The summed E-state index contributed by atoms with van der Waals surface area (Å²) in [5.41, 5.74) is 2.10. The predicted octanol–water partition coefficient (Wildman–Crippen LogP) is 2.47. The number of nitrogens with one attached hydrogen (secondary N) is 1. The van der Waals surface area contributed by atoms with Crippen molar-refractivity contribution in [2.24, 2.45) is 0 Å². The number of benzene rings is 1. The van der Waals surface area contributed by atoms with Crippen LogP contribution in [0.15, 0.2) is 18.2 Å². The highest BCUT2D eigenvalue weighted by Crippen LogP contribution is 2.36. The Labute approximate surface area is 127 Å². The minimum Gasteiger partial charge on any atom is -0.490 e. The number of aliphatic hydroxyl groups is 1. The molecule has 2 unspecified atom stereocenters. The van der Waals surface area contributed by atoms with Gasteiger partial charge in [0.2, 0.25) is 0 Å². The Kier molecular flexibility index (Phi) is 4.36. The number of fused-ring (bicyclic) bond motifs is 1. The summed E-state index contributed by atoms with van der Waals surface area (Å²) in [5.74, 6) is 0.933. The summed E-state index contributed by atoms with van der Waals surface area (Å²) in [4.78, 5) is 2.35. The van der Waals surface area contributed by atoms with E-state index in [9.17, 15) is 5.11 Å². The van der Waals surface area contributed by atoms with Crippen LogP contribution in [0.4, 0.5) is 5.69 Å². The summed E-state index contributed by atoms with van der Waals surface area (Å²) in [6, 6.07) is 6.73. The van der Waals surface area contributed by atoms with E-state index in [1.54, 1.807) is 0 Å². The Morgan fingerprint density at radius 2 is 2.19 bits per heavy atom. The Morgan fingerprint density at radius 1 is 1.33 bits per heavy atom. The first kappa shape index (κ1) is 14.7. The smallest absolute Gasteiger partial charge is 0.142 e. The van der Waals surface area contributed by atoms with Crippen LogP contribution >= 0.6 is 0 Å². The molecule has 0 radical (unpaired) electrons. The fraction of sp³-hybridized carbons (Fsp3) is 0.647. The average Bonchev–Trinajstić information content (AvgIpc) is 2.53. The lowest BCUT2D eigenvalue weighted by atomic mass is 9.94. The summed E-state index contributed by atoms with van der Waals surface area (Å²) in [6.07, 6.45) is 3.01. The van der Waals surface area contributed by atoms with Crippen LogP contribution in [0, 0.1) is 0 Å². The van der Waals surface area contributed by atoms with Crippen molar-refractivity contribution in [3.05, 3.63) is 23.8 Å². The van der Waals surface area contributed by atoms with Gasteiger partial charge in [-0.15, -0.1) is 0 Å². The molecule has 0 saturated carbocycles. The van der Waals surface area contributed by atoms with Crippen LogP contribution in [0.3, 0.4) is 0 Å². The van der Waals surface area contributed by atoms with Gasteiger partial charge in [-0.25, -0.2) is 0 Å². The van der Waals surface area contributed by atoms with Gasteiger partial charge in [-0.2, -0.15) is 0 Å². The first-order valence-electron chi connectivity index (χ1n) is 8.11. The zero-order valence-electron chi connectivity index (χ0n) is 13.0. The lowest BCUT2D eigenvalue weighted by molar-refractivity contribution is 0.114. The number of rotatable bonds is 3. The number of ether oxygens (including phenoxy) is 1. The van der Waals surface area contributed by atoms with E-state index in [0.717, 1.165) is 43.1 Å². The largest absolute Gasteiger partial charge is 0.490 e. The number of nitrogens with zero attached hydrogens (tertiary/aromatic N) is 1. The molecule has 4 nitrogen and oxygen atoms in total. The van der Waals surface area contributed by atoms with Crippen molar-refractivity contribution in [1.82, 2.24) is 5.32 Å². The second-order valence-corrected chi connectivity index (χ2v) is 6.36. The molecule has 2 heterocycles. The molecule has 1 fully saturated rings. The van der Waals surface area contributed by atoms with Crippen LogP contribution in [0.2, 0.25) is 0 Å². The first-order valence-corrected chi connectivity index (χ1v) is 8.11. The van der Waals surface area contributed by atoms with Crippen LogP contribution < -0.4 is 15.0 Å². The van der Waals surface area contributed by atoms with Gasteiger partial charge in [-0.05, 0) is 50.9 Å². The predicted molar refractivity (Wildman–Crippen MR) is 85.0 cm³/mol. The molecular formula is C17H26N2O2. The van der Waals surface area contributed by atoms with E-state index in [-0.39, 0.29) is 6.04 Å². The fourth-order valence-electron chi connectivity index (χ4n) is 3.36. The quantitative estimate of drug-likeness (QED) is 0.897. The van der Waals surface area contributed by atoms with Crippen molar-refractivity contribution in [2.75, 3.05) is 24.6 Å². The Bertz CT molecular complexity index is 484. The van der Waals surface area contributed by atoms with E-state index >= 15 is 0 Å². The third kappa shape index (κ3) is 3.01. The molecule has 0 bridgehead atoms. The van der Waals surface area contributed by atoms with Crippen molar-refractivity contribution in [3.8, 4) is 5.75 Å². The van der Waals surface area contributed by atoms with Crippen LogP contribution in [-0.2, 0) is 0 Å². The normalized spacial score (nSPS) is 23.6. The van der Waals surface area contributed by atoms with Crippen molar-refractivity contribution in [3.63, 3.8) is 0 Å². The van der Waals surface area contributed by atoms with Gasteiger partial charge in [0, 0.05) is 12.1 Å². The second-order valence-electron chi connectivity index (χ2n) is 6.36. The first-order chi connectivity index (χ1) is 10.2. The SMILES string of the molecule is CC(C)N1CCOc2ccc(C(O)C3CCCCN3)cc21. The molecule has 2 atom stereocenters. The van der Waals surface area contributed by atoms with E-state index in [1.807, 2.05) is 12.1 Å². The van der Waals surface area contributed by atoms with E-state index in [2.05, 4.69) is 30.1 Å². The Hall–Kier alpha value is -1.26. The van der Waals surface area contributed by atoms with Crippen LogP contribution in [0.1, 0.15) is 44.8 Å². The molecule has 1 aromatic carbocycles. The number of anilines is 1. The van der Waals surface area contributed by atoms with Crippen molar-refractivity contribution < 1.29 is 9.84 Å². The number of hydrogen-bond donors (Lipinski definition) is 2. The van der Waals surface area contributed by atoms with Gasteiger partial charge in [-0.1, -0.05) is 12.5 Å². The Morgan fingerprint density at radius 3 is 2.90 bits per heavy atom. The fourth-order valence-corrected chi connectivity index (χ4v) is 3.36. The molecule has 2 aliphatic rings. The average molecular weight is 290 g/mol. The summed E-state index contributed by atoms with van der Waals surface area (Å²) < 4.78 is 5.75. The third-order valence-corrected chi connectivity index (χ3v) is 4.58. The molecule has 0 spiro atoms. The zero-order valence-corrected chi connectivity index (χ0v) is 13.0. The maximum Gasteiger partial charge on any atom is 0.142 e. The molecule has 1 saturated heterocycles. The van der Waals surface area contributed by atoms with Crippen LogP contribution in [0.25, 0.3) is 0 Å². The molecule has 2 N–H and O–H groups in total. The number of piperidine rings is 1.